The normalized spacial score (nSPS) is 17.6. The van der Waals surface area contributed by atoms with Crippen LogP contribution in [0.5, 0.6) is 0 Å². The zero-order valence-corrected chi connectivity index (χ0v) is 15.4. The maximum Gasteiger partial charge on any atom is 0.347 e. The average Bonchev–Trinajstić information content (AvgIpc) is 3.26. The summed E-state index contributed by atoms with van der Waals surface area (Å²) in [5, 5.41) is 9.21. The van der Waals surface area contributed by atoms with Gasteiger partial charge < -0.3 is 15.5 Å². The summed E-state index contributed by atoms with van der Waals surface area (Å²) in [6.45, 7) is 0.338. The molecule has 0 aromatic heterocycles. The molecule has 0 bridgehead atoms. The minimum atomic E-state index is -0.746. The summed E-state index contributed by atoms with van der Waals surface area (Å²) in [7, 11) is 0. The minimum absolute atomic E-state index is 0.300. The highest BCUT2D eigenvalue weighted by Gasteiger charge is 2.55. The van der Waals surface area contributed by atoms with Crippen LogP contribution in [0.25, 0.3) is 0 Å². The zero-order chi connectivity index (χ0) is 19.6. The van der Waals surface area contributed by atoms with Crippen molar-refractivity contribution < 1.29 is 14.4 Å². The van der Waals surface area contributed by atoms with Crippen molar-refractivity contribution in [1.82, 2.24) is 10.2 Å². The van der Waals surface area contributed by atoms with Gasteiger partial charge in [-0.2, -0.15) is 5.32 Å². The van der Waals surface area contributed by atoms with Crippen LogP contribution < -0.4 is 16.0 Å². The molecular weight excluding hydrogens is 356 g/mol. The van der Waals surface area contributed by atoms with E-state index in [1.54, 1.807) is 29.2 Å². The number of anilines is 2. The zero-order valence-electron chi connectivity index (χ0n) is 15.4. The smallest absolute Gasteiger partial charge is 0.308 e. The maximum absolute atomic E-state index is 12.3. The fraction of sp³-hybridized carbons (Fsp3) is 0.286. The van der Waals surface area contributed by atoms with Crippen LogP contribution in [-0.4, -0.2) is 28.4 Å². The molecule has 28 heavy (non-hydrogen) atoms. The molecule has 1 saturated heterocycles. The highest BCUT2D eigenvalue weighted by atomic mass is 16.2. The van der Waals surface area contributed by atoms with Gasteiger partial charge in [-0.1, -0.05) is 43.2 Å². The van der Waals surface area contributed by atoms with Crippen LogP contribution >= 0.6 is 0 Å². The first kappa shape index (κ1) is 18.0. The Morgan fingerprint density at radius 2 is 1.54 bits per heavy atom. The number of carbonyl (C=O) groups excluding carboxylic acids is 3. The number of urea groups is 2. The van der Waals surface area contributed by atoms with Gasteiger partial charge in [0.05, 0.1) is 0 Å². The van der Waals surface area contributed by atoms with E-state index in [2.05, 4.69) is 16.0 Å². The molecule has 4 rings (SSSR count). The summed E-state index contributed by atoms with van der Waals surface area (Å²) < 4.78 is 0. The molecule has 2 aromatic rings. The molecular formula is C21H21N4O3. The number of nitrogens with one attached hydrogen (secondary N) is 2. The van der Waals surface area contributed by atoms with E-state index in [-0.39, 0.29) is 11.9 Å². The minimum Gasteiger partial charge on any atom is -0.308 e. The maximum atomic E-state index is 12.3. The second-order valence-electron chi connectivity index (χ2n) is 7.17. The van der Waals surface area contributed by atoms with Gasteiger partial charge >= 0.3 is 12.1 Å². The number of amides is 5. The van der Waals surface area contributed by atoms with E-state index in [0.29, 0.717) is 30.8 Å². The molecule has 1 radical (unpaired) electrons. The third-order valence-electron chi connectivity index (χ3n) is 5.36. The lowest BCUT2D eigenvalue weighted by Gasteiger charge is -2.31. The van der Waals surface area contributed by atoms with Crippen molar-refractivity contribution in [3.63, 3.8) is 0 Å². The third-order valence-corrected chi connectivity index (χ3v) is 5.36. The standard InChI is InChI=1S/C21H21N4O3/c26-18-21(12-4-5-13-21)25(20(28)24-18)14-15-8-10-17(11-9-15)23-19(27)22-16-6-2-1-3-7-16/h1-3,6-11H,4-5,12-14H2,(H2,22,23,27). The number of nitrogens with zero attached hydrogens (tertiary/aromatic N) is 2. The number of benzene rings is 2. The van der Waals surface area contributed by atoms with E-state index in [4.69, 9.17) is 0 Å². The molecule has 1 aliphatic heterocycles. The number of rotatable bonds is 4. The molecule has 143 valence electrons. The molecule has 2 N–H and O–H groups in total. The monoisotopic (exact) mass is 377 g/mol. The highest BCUT2D eigenvalue weighted by Crippen LogP contribution is 2.40. The van der Waals surface area contributed by atoms with Gasteiger partial charge in [-0.15, -0.1) is 0 Å². The molecule has 0 unspecified atom stereocenters. The summed E-state index contributed by atoms with van der Waals surface area (Å²) in [4.78, 5) is 38.1. The number of carbonyl (C=O) groups is 3. The van der Waals surface area contributed by atoms with E-state index in [9.17, 15) is 14.4 Å². The quantitative estimate of drug-likeness (QED) is 0.796. The molecule has 0 atom stereocenters. The average molecular weight is 377 g/mol. The summed E-state index contributed by atoms with van der Waals surface area (Å²) in [6.07, 6.45) is 3.23. The van der Waals surface area contributed by atoms with Gasteiger partial charge in [0.2, 0.25) is 0 Å². The Bertz CT molecular complexity index is 890. The van der Waals surface area contributed by atoms with Crippen molar-refractivity contribution >= 4 is 29.3 Å². The van der Waals surface area contributed by atoms with Gasteiger partial charge in [0.25, 0.3) is 5.91 Å². The molecule has 1 heterocycles. The van der Waals surface area contributed by atoms with Gasteiger partial charge in [0.15, 0.2) is 0 Å². The van der Waals surface area contributed by atoms with Crippen LogP contribution in [-0.2, 0) is 11.3 Å². The van der Waals surface area contributed by atoms with E-state index in [1.807, 2.05) is 30.3 Å². The third kappa shape index (κ3) is 3.43. The first-order valence-corrected chi connectivity index (χ1v) is 9.37. The molecule has 2 aromatic carbocycles. The second kappa shape index (κ2) is 7.34. The first-order chi connectivity index (χ1) is 13.6. The lowest BCUT2D eigenvalue weighted by Crippen LogP contribution is -2.46. The molecule has 2 fully saturated rings. The SMILES string of the molecule is O=C(Nc1ccccc1)Nc1ccc(CN2C(=O)[N]C(=O)C23CCCC3)cc1. The topological polar surface area (TPSA) is 92.6 Å². The van der Waals surface area contributed by atoms with Crippen LogP contribution in [0.3, 0.4) is 0 Å². The predicted octanol–water partition coefficient (Wildman–Crippen LogP) is 3.71. The highest BCUT2D eigenvalue weighted by molar-refractivity contribution is 6.06. The van der Waals surface area contributed by atoms with E-state index in [0.717, 1.165) is 18.4 Å². The van der Waals surface area contributed by atoms with E-state index in [1.165, 1.54) is 0 Å². The van der Waals surface area contributed by atoms with Crippen molar-refractivity contribution in [2.45, 2.75) is 37.8 Å². The van der Waals surface area contributed by atoms with Crippen LogP contribution in [0.15, 0.2) is 54.6 Å². The Balaban J connectivity index is 1.40. The molecule has 1 spiro atoms. The molecule has 1 saturated carbocycles. The van der Waals surface area contributed by atoms with Crippen LogP contribution in [0.4, 0.5) is 21.0 Å². The second-order valence-corrected chi connectivity index (χ2v) is 7.17. The Labute approximate surface area is 163 Å². The van der Waals surface area contributed by atoms with Crippen molar-refractivity contribution in [3.8, 4) is 0 Å². The summed E-state index contributed by atoms with van der Waals surface area (Å²) in [5.41, 5.74) is 1.49. The number of hydrogen-bond donors (Lipinski definition) is 2. The summed E-state index contributed by atoms with van der Waals surface area (Å²) >= 11 is 0. The fourth-order valence-electron chi connectivity index (χ4n) is 3.90. The van der Waals surface area contributed by atoms with Crippen molar-refractivity contribution in [1.29, 1.82) is 0 Å². The van der Waals surface area contributed by atoms with Gasteiger partial charge in [0, 0.05) is 17.9 Å². The van der Waals surface area contributed by atoms with Crippen molar-refractivity contribution in [2.24, 2.45) is 0 Å². The van der Waals surface area contributed by atoms with E-state index < -0.39 is 11.6 Å². The summed E-state index contributed by atoms with van der Waals surface area (Å²) in [5.74, 6) is -0.300. The Morgan fingerprint density at radius 3 is 2.18 bits per heavy atom. The van der Waals surface area contributed by atoms with Crippen molar-refractivity contribution in [2.75, 3.05) is 10.6 Å². The number of imide groups is 1. The van der Waals surface area contributed by atoms with Crippen LogP contribution in [0, 0.1) is 0 Å². The largest absolute Gasteiger partial charge is 0.347 e. The first-order valence-electron chi connectivity index (χ1n) is 9.37. The van der Waals surface area contributed by atoms with Gasteiger partial charge in [-0.25, -0.2) is 9.59 Å². The lowest BCUT2D eigenvalue weighted by atomic mass is 9.95. The number of hydrogen-bond acceptors (Lipinski definition) is 3. The Kier molecular flexibility index (Phi) is 4.73. The molecule has 2 aliphatic rings. The Morgan fingerprint density at radius 1 is 0.929 bits per heavy atom. The predicted molar refractivity (Wildman–Crippen MR) is 105 cm³/mol. The fourth-order valence-corrected chi connectivity index (χ4v) is 3.90. The van der Waals surface area contributed by atoms with Crippen molar-refractivity contribution in [3.05, 3.63) is 60.2 Å². The van der Waals surface area contributed by atoms with Gasteiger partial charge in [-0.3, -0.25) is 4.79 Å². The summed E-state index contributed by atoms with van der Waals surface area (Å²) in [6, 6.07) is 15.6. The molecule has 7 heteroatoms. The van der Waals surface area contributed by atoms with Gasteiger partial charge in [-0.05, 0) is 42.7 Å². The molecule has 7 nitrogen and oxygen atoms in total. The van der Waals surface area contributed by atoms with Crippen LogP contribution in [0.1, 0.15) is 31.2 Å². The molecule has 5 amide bonds. The Hall–Kier alpha value is -3.35. The molecule has 1 aliphatic carbocycles. The van der Waals surface area contributed by atoms with Crippen LogP contribution in [0.2, 0.25) is 0 Å². The van der Waals surface area contributed by atoms with E-state index >= 15 is 0 Å². The number of para-hydroxylation sites is 1. The lowest BCUT2D eigenvalue weighted by molar-refractivity contribution is -0.126. The van der Waals surface area contributed by atoms with Gasteiger partial charge in [0.1, 0.15) is 5.54 Å².